The van der Waals surface area contributed by atoms with Crippen LogP contribution in [0.5, 0.6) is 0 Å². The number of thioether (sulfide) groups is 1. The van der Waals surface area contributed by atoms with E-state index in [0.717, 1.165) is 17.0 Å². The van der Waals surface area contributed by atoms with Gasteiger partial charge in [-0.3, -0.25) is 0 Å². The van der Waals surface area contributed by atoms with Crippen LogP contribution in [-0.2, 0) is 17.1 Å². The predicted molar refractivity (Wildman–Crippen MR) is 98.2 cm³/mol. The van der Waals surface area contributed by atoms with Crippen LogP contribution in [0, 0.1) is 6.92 Å². The van der Waals surface area contributed by atoms with E-state index in [1.807, 2.05) is 37.3 Å². The Bertz CT molecular complexity index is 1060. The number of rotatable bonds is 6. The number of ether oxygens (including phenoxy) is 1. The molecule has 8 heteroatoms. The van der Waals surface area contributed by atoms with E-state index in [-0.39, 0.29) is 6.61 Å². The highest BCUT2D eigenvalue weighted by atomic mass is 32.2. The van der Waals surface area contributed by atoms with Crippen molar-refractivity contribution < 1.29 is 18.5 Å². The first-order chi connectivity index (χ1) is 13.2. The van der Waals surface area contributed by atoms with Gasteiger partial charge in [0.1, 0.15) is 16.3 Å². The molecule has 0 aliphatic rings. The largest absolute Gasteiger partial charge is 0.452 e. The first-order valence-electron chi connectivity index (χ1n) is 8.20. The fourth-order valence-electron chi connectivity index (χ4n) is 2.48. The number of aryl methyl sites for hydroxylation is 1. The molecule has 0 spiro atoms. The molecule has 0 unspecified atom stereocenters. The van der Waals surface area contributed by atoms with Gasteiger partial charge < -0.3 is 13.7 Å². The number of esters is 1. The summed E-state index contributed by atoms with van der Waals surface area (Å²) in [7, 11) is 0. The summed E-state index contributed by atoms with van der Waals surface area (Å²) in [5.74, 6) is 1.15. The Hall–Kier alpha value is -3.13. The second-order valence-corrected chi connectivity index (χ2v) is 6.69. The van der Waals surface area contributed by atoms with Gasteiger partial charge in [-0.15, -0.1) is 0 Å². The van der Waals surface area contributed by atoms with Crippen molar-refractivity contribution in [2.45, 2.75) is 24.3 Å². The van der Waals surface area contributed by atoms with E-state index < -0.39 is 5.97 Å². The minimum atomic E-state index is -0.482. The number of para-hydroxylation sites is 2. The van der Waals surface area contributed by atoms with E-state index >= 15 is 0 Å². The highest BCUT2D eigenvalue weighted by Gasteiger charge is 2.16. The van der Waals surface area contributed by atoms with Gasteiger partial charge >= 0.3 is 5.97 Å². The summed E-state index contributed by atoms with van der Waals surface area (Å²) in [6, 6.07) is 12.6. The van der Waals surface area contributed by atoms with Crippen molar-refractivity contribution in [3.8, 4) is 0 Å². The lowest BCUT2D eigenvalue weighted by Crippen LogP contribution is -2.07. The standard InChI is InChI=1S/C19H15N3O4S/c1-12-9-13(22-26-12)11-27-18-14(5-4-8-20-18)19(23)24-10-17-21-15-6-2-3-7-16(15)25-17/h2-9H,10-11H2,1H3. The molecular formula is C19H15N3O4S. The Morgan fingerprint density at radius 3 is 2.93 bits per heavy atom. The molecule has 0 aliphatic carbocycles. The number of hydrogen-bond acceptors (Lipinski definition) is 8. The average Bonchev–Trinajstić information content (AvgIpc) is 3.30. The molecule has 136 valence electrons. The van der Waals surface area contributed by atoms with Crippen LogP contribution in [0.15, 0.2) is 62.6 Å². The second-order valence-electron chi connectivity index (χ2n) is 5.73. The predicted octanol–water partition coefficient (Wildman–Crippen LogP) is 4.17. The minimum Gasteiger partial charge on any atom is -0.452 e. The zero-order valence-electron chi connectivity index (χ0n) is 14.4. The normalized spacial score (nSPS) is 11.0. The van der Waals surface area contributed by atoms with Crippen molar-refractivity contribution in [3.63, 3.8) is 0 Å². The van der Waals surface area contributed by atoms with Crippen LogP contribution in [0.1, 0.15) is 27.7 Å². The van der Waals surface area contributed by atoms with Crippen LogP contribution >= 0.6 is 11.8 Å². The number of oxazole rings is 1. The third-order valence-electron chi connectivity index (χ3n) is 3.69. The highest BCUT2D eigenvalue weighted by Crippen LogP contribution is 2.25. The van der Waals surface area contributed by atoms with Crippen molar-refractivity contribution in [1.82, 2.24) is 15.1 Å². The number of nitrogens with zero attached hydrogens (tertiary/aromatic N) is 3. The van der Waals surface area contributed by atoms with Crippen LogP contribution in [-0.4, -0.2) is 21.1 Å². The highest BCUT2D eigenvalue weighted by molar-refractivity contribution is 7.98. The summed E-state index contributed by atoms with van der Waals surface area (Å²) >= 11 is 1.39. The Labute approximate surface area is 158 Å². The molecule has 7 nitrogen and oxygen atoms in total. The van der Waals surface area contributed by atoms with Gasteiger partial charge in [-0.25, -0.2) is 14.8 Å². The fraction of sp³-hybridized carbons (Fsp3) is 0.158. The van der Waals surface area contributed by atoms with E-state index in [4.69, 9.17) is 13.7 Å². The molecule has 3 heterocycles. The molecule has 1 aromatic carbocycles. The quantitative estimate of drug-likeness (QED) is 0.363. The molecule has 0 saturated carbocycles. The molecule has 0 saturated heterocycles. The van der Waals surface area contributed by atoms with Crippen molar-refractivity contribution in [1.29, 1.82) is 0 Å². The van der Waals surface area contributed by atoms with Crippen LogP contribution in [0.4, 0.5) is 0 Å². The molecule has 0 atom stereocenters. The summed E-state index contributed by atoms with van der Waals surface area (Å²) in [5.41, 5.74) is 2.56. The lowest BCUT2D eigenvalue weighted by molar-refractivity contribution is 0.0435. The number of benzene rings is 1. The third-order valence-corrected chi connectivity index (χ3v) is 4.73. The maximum absolute atomic E-state index is 12.5. The molecular weight excluding hydrogens is 366 g/mol. The number of carbonyl (C=O) groups is 1. The SMILES string of the molecule is Cc1cc(CSc2ncccc2C(=O)OCc2nc3ccccc3o2)no1. The van der Waals surface area contributed by atoms with Crippen LogP contribution in [0.3, 0.4) is 0 Å². The van der Waals surface area contributed by atoms with Crippen LogP contribution < -0.4 is 0 Å². The molecule has 0 N–H and O–H groups in total. The molecule has 0 amide bonds. The van der Waals surface area contributed by atoms with E-state index in [2.05, 4.69) is 15.1 Å². The van der Waals surface area contributed by atoms with E-state index in [9.17, 15) is 4.79 Å². The molecule has 0 radical (unpaired) electrons. The van der Waals surface area contributed by atoms with E-state index in [0.29, 0.717) is 27.8 Å². The lowest BCUT2D eigenvalue weighted by atomic mass is 10.3. The fourth-order valence-corrected chi connectivity index (χ4v) is 3.34. The Morgan fingerprint density at radius 2 is 2.11 bits per heavy atom. The van der Waals surface area contributed by atoms with Gasteiger partial charge in [-0.05, 0) is 31.2 Å². The Morgan fingerprint density at radius 1 is 1.22 bits per heavy atom. The number of fused-ring (bicyclic) bond motifs is 1. The average molecular weight is 381 g/mol. The molecule has 4 rings (SSSR count). The Kier molecular flexibility index (Phi) is 4.88. The molecule has 0 bridgehead atoms. The number of hydrogen-bond donors (Lipinski definition) is 0. The van der Waals surface area contributed by atoms with Gasteiger partial charge in [0.15, 0.2) is 12.2 Å². The van der Waals surface area contributed by atoms with Gasteiger partial charge in [0, 0.05) is 18.0 Å². The zero-order valence-corrected chi connectivity index (χ0v) is 15.2. The smallest absolute Gasteiger partial charge is 0.341 e. The monoisotopic (exact) mass is 381 g/mol. The maximum Gasteiger partial charge on any atom is 0.341 e. The van der Waals surface area contributed by atoms with Gasteiger partial charge in [-0.1, -0.05) is 29.1 Å². The van der Waals surface area contributed by atoms with Gasteiger partial charge in [0.25, 0.3) is 0 Å². The summed E-state index contributed by atoms with van der Waals surface area (Å²) < 4.78 is 16.0. The van der Waals surface area contributed by atoms with E-state index in [1.54, 1.807) is 18.3 Å². The zero-order chi connectivity index (χ0) is 18.6. The van der Waals surface area contributed by atoms with Crippen molar-refractivity contribution in [2.75, 3.05) is 0 Å². The molecule has 4 aromatic rings. The van der Waals surface area contributed by atoms with Crippen molar-refractivity contribution in [2.24, 2.45) is 0 Å². The van der Waals surface area contributed by atoms with Crippen molar-refractivity contribution in [3.05, 3.63) is 71.6 Å². The number of carbonyl (C=O) groups excluding carboxylic acids is 1. The maximum atomic E-state index is 12.5. The summed E-state index contributed by atoms with van der Waals surface area (Å²) in [4.78, 5) is 21.1. The second kappa shape index (κ2) is 7.63. The van der Waals surface area contributed by atoms with Gasteiger partial charge in [0.05, 0.1) is 11.3 Å². The van der Waals surface area contributed by atoms with Gasteiger partial charge in [0.2, 0.25) is 5.89 Å². The first-order valence-corrected chi connectivity index (χ1v) is 9.19. The third kappa shape index (κ3) is 4.01. The minimum absolute atomic E-state index is 0.0466. The molecule has 0 fully saturated rings. The molecule has 3 aromatic heterocycles. The lowest BCUT2D eigenvalue weighted by Gasteiger charge is -2.06. The van der Waals surface area contributed by atoms with E-state index in [1.165, 1.54) is 11.8 Å². The number of aromatic nitrogens is 3. The van der Waals surface area contributed by atoms with Crippen LogP contribution in [0.25, 0.3) is 11.1 Å². The Balaban J connectivity index is 1.43. The van der Waals surface area contributed by atoms with Crippen LogP contribution in [0.2, 0.25) is 0 Å². The number of pyridine rings is 1. The summed E-state index contributed by atoms with van der Waals surface area (Å²) in [6.45, 7) is 1.78. The molecule has 0 aliphatic heterocycles. The summed E-state index contributed by atoms with van der Waals surface area (Å²) in [6.07, 6.45) is 1.63. The molecule has 27 heavy (non-hydrogen) atoms. The first kappa shape index (κ1) is 17.3. The van der Waals surface area contributed by atoms with Gasteiger partial charge in [-0.2, -0.15) is 0 Å². The topological polar surface area (TPSA) is 91.2 Å². The summed E-state index contributed by atoms with van der Waals surface area (Å²) in [5, 5.41) is 4.51. The van der Waals surface area contributed by atoms with Crippen molar-refractivity contribution >= 4 is 28.8 Å².